The Morgan fingerprint density at radius 3 is 1.72 bits per heavy atom. The summed E-state index contributed by atoms with van der Waals surface area (Å²) in [6.07, 6.45) is 2.01. The average Bonchev–Trinajstić information content (AvgIpc) is 3.86. The number of para-hydroxylation sites is 4. The lowest BCUT2D eigenvalue weighted by Gasteiger charge is -2.44. The number of rotatable bonds is 5. The van der Waals surface area contributed by atoms with Crippen LogP contribution in [0.15, 0.2) is 179 Å². The van der Waals surface area contributed by atoms with E-state index in [1.807, 2.05) is 12.3 Å². The van der Waals surface area contributed by atoms with Crippen LogP contribution in [-0.2, 0) is 10.8 Å². The highest BCUT2D eigenvalue weighted by Crippen LogP contribution is 2.51. The highest BCUT2D eigenvalue weighted by Gasteiger charge is 2.48. The summed E-state index contributed by atoms with van der Waals surface area (Å²) in [7, 11) is 0. The lowest BCUT2D eigenvalue weighted by atomic mass is 9.35. The molecule has 0 bridgehead atoms. The van der Waals surface area contributed by atoms with Crippen molar-refractivity contribution in [2.24, 2.45) is 0 Å². The number of benzene rings is 7. The van der Waals surface area contributed by atoms with Crippen LogP contribution in [0.1, 0.15) is 52.7 Å². The smallest absolute Gasteiger partial charge is 0.297 e. The Balaban J connectivity index is 1.29. The number of anilines is 9. The molecule has 0 fully saturated rings. The van der Waals surface area contributed by atoms with Crippen molar-refractivity contribution in [3.63, 3.8) is 0 Å². The van der Waals surface area contributed by atoms with E-state index < -0.39 is 0 Å². The summed E-state index contributed by atoms with van der Waals surface area (Å²) in [5.41, 5.74) is 17.1. The van der Waals surface area contributed by atoms with Gasteiger partial charge in [-0.15, -0.1) is 0 Å². The maximum absolute atomic E-state index is 6.98. The van der Waals surface area contributed by atoms with Crippen molar-refractivity contribution >= 4 is 96.4 Å². The molecule has 0 unspecified atom stereocenters. The van der Waals surface area contributed by atoms with Gasteiger partial charge in [0.05, 0.1) is 23.3 Å². The first-order chi connectivity index (χ1) is 29.0. The highest BCUT2D eigenvalue weighted by molar-refractivity contribution is 6.99. The third kappa shape index (κ3) is 5.61. The molecule has 0 amide bonds. The van der Waals surface area contributed by atoms with Gasteiger partial charge >= 0.3 is 0 Å². The topological polar surface area (TPSA) is 36.0 Å². The fourth-order valence-electron chi connectivity index (χ4n) is 9.45. The van der Waals surface area contributed by atoms with E-state index in [0.29, 0.717) is 0 Å². The van der Waals surface area contributed by atoms with Crippen molar-refractivity contribution in [1.29, 1.82) is 0 Å². The Bertz CT molecular complexity index is 3030. The third-order valence-corrected chi connectivity index (χ3v) is 12.3. The minimum atomic E-state index is -0.213. The van der Waals surface area contributed by atoms with Gasteiger partial charge in [-0.05, 0) is 106 Å². The molecule has 5 nitrogen and oxygen atoms in total. The van der Waals surface area contributed by atoms with Crippen molar-refractivity contribution in [3.05, 3.63) is 181 Å². The van der Waals surface area contributed by atoms with Crippen molar-refractivity contribution in [2.45, 2.75) is 52.4 Å². The zero-order chi connectivity index (χ0) is 40.9. The van der Waals surface area contributed by atoms with Crippen LogP contribution in [0.2, 0.25) is 0 Å². The molecule has 0 spiro atoms. The molecule has 9 aromatic rings. The van der Waals surface area contributed by atoms with E-state index in [-0.39, 0.29) is 17.5 Å². The van der Waals surface area contributed by atoms with Gasteiger partial charge in [0.1, 0.15) is 11.2 Å². The zero-order valence-electron chi connectivity index (χ0n) is 34.9. The first kappa shape index (κ1) is 36.2. The molecular weight excluding hydrogens is 733 g/mol. The van der Waals surface area contributed by atoms with E-state index in [1.54, 1.807) is 0 Å². The third-order valence-electron chi connectivity index (χ3n) is 12.3. The Labute approximate surface area is 352 Å². The summed E-state index contributed by atoms with van der Waals surface area (Å²) >= 11 is 0. The largest absolute Gasteiger partial charge is 0.476 e. The summed E-state index contributed by atoms with van der Waals surface area (Å²) < 4.78 is 13.6. The Hall–Kier alpha value is -6.92. The Kier molecular flexibility index (Phi) is 8.02. The second-order valence-electron chi connectivity index (χ2n) is 18.3. The van der Waals surface area contributed by atoms with Gasteiger partial charge in [-0.25, -0.2) is 0 Å². The molecule has 2 aliphatic rings. The van der Waals surface area contributed by atoms with Crippen LogP contribution in [0.25, 0.3) is 21.9 Å². The molecular formula is C54H46BN3O2. The normalized spacial score (nSPS) is 13.4. The Morgan fingerprint density at radius 1 is 0.500 bits per heavy atom. The highest BCUT2D eigenvalue weighted by atomic mass is 16.3. The summed E-state index contributed by atoms with van der Waals surface area (Å²) in [6.45, 7) is 13.5. The summed E-state index contributed by atoms with van der Waals surface area (Å²) in [6, 6.07) is 59.1. The van der Waals surface area contributed by atoms with Crippen LogP contribution in [0.3, 0.4) is 0 Å². The van der Waals surface area contributed by atoms with Crippen molar-refractivity contribution in [3.8, 4) is 0 Å². The second-order valence-corrected chi connectivity index (χ2v) is 18.3. The fraction of sp³-hybridized carbons (Fsp3) is 0.148. The van der Waals surface area contributed by atoms with E-state index in [4.69, 9.17) is 8.83 Å². The van der Waals surface area contributed by atoms with Crippen molar-refractivity contribution in [1.82, 2.24) is 0 Å². The number of fused-ring (bicyclic) bond motifs is 7. The van der Waals surface area contributed by atoms with E-state index in [0.717, 1.165) is 89.8 Å². The lowest BCUT2D eigenvalue weighted by molar-refractivity contribution is 0.552. The number of hydrogen-bond acceptors (Lipinski definition) is 5. The molecule has 0 N–H and O–H groups in total. The SMILES string of the molecule is CC(C)(C)c1ccc(N2c3cc(N(c4ccccc4)c4ccccc4)cc4c3B(c3cc5oc6ccccc6c5cc3N4c3ccccc3)c3occ(C(C)(C)C)c32)cc1. The van der Waals surface area contributed by atoms with E-state index in [1.165, 1.54) is 11.0 Å². The van der Waals surface area contributed by atoms with E-state index in [9.17, 15) is 0 Å². The Morgan fingerprint density at radius 2 is 1.08 bits per heavy atom. The molecule has 0 saturated heterocycles. The van der Waals surface area contributed by atoms with Crippen LogP contribution >= 0.6 is 0 Å². The number of furan rings is 2. The molecule has 292 valence electrons. The molecule has 11 rings (SSSR count). The van der Waals surface area contributed by atoms with E-state index >= 15 is 0 Å². The average molecular weight is 780 g/mol. The molecule has 0 atom stereocenters. The fourth-order valence-corrected chi connectivity index (χ4v) is 9.45. The quantitative estimate of drug-likeness (QED) is 0.163. The molecule has 6 heteroatoms. The van der Waals surface area contributed by atoms with Crippen molar-refractivity contribution in [2.75, 3.05) is 14.7 Å². The van der Waals surface area contributed by atoms with Gasteiger partial charge in [-0.3, -0.25) is 0 Å². The number of nitrogens with zero attached hydrogens (tertiary/aromatic N) is 3. The van der Waals surface area contributed by atoms with Gasteiger partial charge in [0.2, 0.25) is 0 Å². The predicted molar refractivity (Wildman–Crippen MR) is 252 cm³/mol. The molecule has 0 saturated carbocycles. The van der Waals surface area contributed by atoms with Crippen LogP contribution < -0.4 is 31.3 Å². The summed E-state index contributed by atoms with van der Waals surface area (Å²) in [5.74, 6) is 0. The maximum Gasteiger partial charge on any atom is 0.297 e. The standard InChI is InChI=1S/C54H46BN3O2/c1-53(2,3)35-26-28-39(29-27-35)58-47-31-40(56(36-18-10-7-11-19-36)37-20-12-8-13-21-37)30-46-50(47)55(52-51(58)43(34-59-52)54(4,5)6)44-33-49-42(41-24-16-17-25-48(41)60-49)32-45(44)57(46)38-22-14-9-15-23-38/h7-34H,1-6H3. The number of hydrogen-bond donors (Lipinski definition) is 0. The first-order valence-electron chi connectivity index (χ1n) is 21.0. The molecule has 4 heterocycles. The minimum Gasteiger partial charge on any atom is -0.476 e. The second kappa shape index (κ2) is 13.3. The van der Waals surface area contributed by atoms with E-state index in [2.05, 4.69) is 214 Å². The van der Waals surface area contributed by atoms with Gasteiger partial charge in [0, 0.05) is 56.1 Å². The minimum absolute atomic E-state index is 0.00965. The molecule has 0 aliphatic carbocycles. The van der Waals surface area contributed by atoms with Crippen LogP contribution in [0, 0.1) is 0 Å². The monoisotopic (exact) mass is 779 g/mol. The molecule has 2 aliphatic heterocycles. The molecule has 7 aromatic carbocycles. The molecule has 2 aromatic heterocycles. The summed E-state index contributed by atoms with van der Waals surface area (Å²) in [5, 5.41) is 2.19. The van der Waals surface area contributed by atoms with Gasteiger partial charge < -0.3 is 23.5 Å². The van der Waals surface area contributed by atoms with Crippen LogP contribution in [0.5, 0.6) is 0 Å². The van der Waals surface area contributed by atoms with Gasteiger partial charge in [-0.2, -0.15) is 0 Å². The van der Waals surface area contributed by atoms with Gasteiger partial charge in [0.25, 0.3) is 6.71 Å². The van der Waals surface area contributed by atoms with Crippen LogP contribution in [-0.4, -0.2) is 6.71 Å². The maximum atomic E-state index is 6.98. The van der Waals surface area contributed by atoms with Gasteiger partial charge in [0.15, 0.2) is 0 Å². The summed E-state index contributed by atoms with van der Waals surface area (Å²) in [4.78, 5) is 7.32. The molecule has 60 heavy (non-hydrogen) atoms. The molecule has 0 radical (unpaired) electrons. The zero-order valence-corrected chi connectivity index (χ0v) is 34.9. The van der Waals surface area contributed by atoms with Crippen molar-refractivity contribution < 1.29 is 8.83 Å². The first-order valence-corrected chi connectivity index (χ1v) is 21.0. The lowest BCUT2D eigenvalue weighted by Crippen LogP contribution is -2.61. The van der Waals surface area contributed by atoms with Gasteiger partial charge in [-0.1, -0.05) is 126 Å². The predicted octanol–water partition coefficient (Wildman–Crippen LogP) is 13.3. The van der Waals surface area contributed by atoms with Crippen LogP contribution in [0.4, 0.5) is 51.2 Å².